The van der Waals surface area contributed by atoms with Crippen molar-refractivity contribution in [3.8, 4) is 0 Å². The minimum absolute atomic E-state index is 0.000844. The van der Waals surface area contributed by atoms with Gasteiger partial charge in [0.25, 0.3) is 0 Å². The Bertz CT molecular complexity index is 232. The van der Waals surface area contributed by atoms with Gasteiger partial charge in [-0.05, 0) is 32.2 Å². The molecule has 0 saturated carbocycles. The first-order chi connectivity index (χ1) is 9.64. The Labute approximate surface area is 125 Å². The smallest absolute Gasteiger partial charge is 0.0878 e. The molecule has 1 atom stereocenters. The van der Waals surface area contributed by atoms with E-state index in [0.29, 0.717) is 6.04 Å². The lowest BCUT2D eigenvalue weighted by Crippen LogP contribution is -2.55. The Morgan fingerprint density at radius 3 is 2.40 bits per heavy atom. The van der Waals surface area contributed by atoms with Crippen LogP contribution in [0.1, 0.15) is 66.2 Å². The third-order valence-corrected chi connectivity index (χ3v) is 4.32. The Morgan fingerprint density at radius 1 is 1.15 bits per heavy atom. The van der Waals surface area contributed by atoms with Crippen LogP contribution < -0.4 is 5.32 Å². The van der Waals surface area contributed by atoms with Gasteiger partial charge in [-0.1, -0.05) is 33.6 Å². The molecule has 0 aromatic rings. The summed E-state index contributed by atoms with van der Waals surface area (Å²) >= 11 is 0. The van der Waals surface area contributed by atoms with E-state index >= 15 is 0 Å². The van der Waals surface area contributed by atoms with Crippen LogP contribution in [0.25, 0.3) is 0 Å². The summed E-state index contributed by atoms with van der Waals surface area (Å²) in [5, 5.41) is 3.76. The highest BCUT2D eigenvalue weighted by atomic mass is 16.5. The molecule has 120 valence electrons. The molecule has 0 bridgehead atoms. The first-order valence-corrected chi connectivity index (χ1v) is 8.59. The van der Waals surface area contributed by atoms with Crippen molar-refractivity contribution in [3.05, 3.63) is 0 Å². The van der Waals surface area contributed by atoms with E-state index in [0.717, 1.165) is 45.1 Å². The SMILES string of the molecule is CCCNC(CCCC(C)C)C1(OCC)CCOCC1. The van der Waals surface area contributed by atoms with Crippen molar-refractivity contribution < 1.29 is 9.47 Å². The molecule has 20 heavy (non-hydrogen) atoms. The molecule has 0 aliphatic carbocycles. The van der Waals surface area contributed by atoms with E-state index in [9.17, 15) is 0 Å². The van der Waals surface area contributed by atoms with E-state index < -0.39 is 0 Å². The molecule has 0 aromatic heterocycles. The third-order valence-electron chi connectivity index (χ3n) is 4.32. The van der Waals surface area contributed by atoms with Gasteiger partial charge in [-0.15, -0.1) is 0 Å². The predicted molar refractivity (Wildman–Crippen MR) is 85.2 cm³/mol. The minimum atomic E-state index is -0.000844. The van der Waals surface area contributed by atoms with Gasteiger partial charge in [-0.3, -0.25) is 0 Å². The Kier molecular flexibility index (Phi) is 8.74. The quantitative estimate of drug-likeness (QED) is 0.663. The molecule has 1 N–H and O–H groups in total. The fraction of sp³-hybridized carbons (Fsp3) is 1.00. The van der Waals surface area contributed by atoms with Crippen molar-refractivity contribution in [2.45, 2.75) is 77.9 Å². The maximum absolute atomic E-state index is 6.24. The summed E-state index contributed by atoms with van der Waals surface area (Å²) in [6, 6.07) is 0.477. The van der Waals surface area contributed by atoms with Crippen LogP contribution in [0.2, 0.25) is 0 Å². The molecule has 1 aliphatic rings. The van der Waals surface area contributed by atoms with Crippen LogP contribution in [-0.2, 0) is 9.47 Å². The zero-order valence-corrected chi connectivity index (χ0v) is 14.0. The van der Waals surface area contributed by atoms with E-state index in [1.54, 1.807) is 0 Å². The van der Waals surface area contributed by atoms with Gasteiger partial charge in [0.05, 0.1) is 5.60 Å². The summed E-state index contributed by atoms with van der Waals surface area (Å²) in [6.45, 7) is 12.5. The molecular formula is C17H35NO2. The summed E-state index contributed by atoms with van der Waals surface area (Å²) in [4.78, 5) is 0. The molecule has 1 fully saturated rings. The van der Waals surface area contributed by atoms with Crippen molar-refractivity contribution in [2.75, 3.05) is 26.4 Å². The van der Waals surface area contributed by atoms with Crippen molar-refractivity contribution in [1.82, 2.24) is 5.32 Å². The van der Waals surface area contributed by atoms with Gasteiger partial charge >= 0.3 is 0 Å². The van der Waals surface area contributed by atoms with Crippen molar-refractivity contribution in [1.29, 1.82) is 0 Å². The number of ether oxygens (including phenoxy) is 2. The fourth-order valence-electron chi connectivity index (χ4n) is 3.20. The molecule has 1 aliphatic heterocycles. The summed E-state index contributed by atoms with van der Waals surface area (Å²) in [6.07, 6.45) is 7.06. The standard InChI is InChI=1S/C17H35NO2/c1-5-12-18-16(9-7-8-15(3)4)17(20-6-2)10-13-19-14-11-17/h15-16,18H,5-14H2,1-4H3. The molecular weight excluding hydrogens is 250 g/mol. The highest BCUT2D eigenvalue weighted by Gasteiger charge is 2.40. The van der Waals surface area contributed by atoms with Crippen LogP contribution >= 0.6 is 0 Å². The average Bonchev–Trinajstić information content (AvgIpc) is 2.43. The van der Waals surface area contributed by atoms with E-state index in [1.165, 1.54) is 25.7 Å². The first-order valence-electron chi connectivity index (χ1n) is 8.59. The Hall–Kier alpha value is -0.120. The molecule has 1 unspecified atom stereocenters. The molecule has 1 rings (SSSR count). The van der Waals surface area contributed by atoms with E-state index in [4.69, 9.17) is 9.47 Å². The zero-order chi connectivity index (χ0) is 14.8. The predicted octanol–water partition coefficient (Wildman–Crippen LogP) is 3.77. The number of hydrogen-bond acceptors (Lipinski definition) is 3. The third kappa shape index (κ3) is 5.71. The molecule has 3 heteroatoms. The summed E-state index contributed by atoms with van der Waals surface area (Å²) in [5.74, 6) is 0.791. The Balaban J connectivity index is 2.64. The lowest BCUT2D eigenvalue weighted by atomic mass is 9.82. The van der Waals surface area contributed by atoms with Gasteiger partial charge in [0.2, 0.25) is 0 Å². The van der Waals surface area contributed by atoms with Crippen molar-refractivity contribution >= 4 is 0 Å². The van der Waals surface area contributed by atoms with Crippen LogP contribution in [0, 0.1) is 5.92 Å². The second kappa shape index (κ2) is 9.75. The van der Waals surface area contributed by atoms with Crippen molar-refractivity contribution in [3.63, 3.8) is 0 Å². The lowest BCUT2D eigenvalue weighted by molar-refractivity contribution is -0.128. The second-order valence-electron chi connectivity index (χ2n) is 6.44. The van der Waals surface area contributed by atoms with Crippen LogP contribution in [0.15, 0.2) is 0 Å². The lowest BCUT2D eigenvalue weighted by Gasteiger charge is -2.43. The topological polar surface area (TPSA) is 30.5 Å². The van der Waals surface area contributed by atoms with Gasteiger partial charge < -0.3 is 14.8 Å². The number of hydrogen-bond donors (Lipinski definition) is 1. The highest BCUT2D eigenvalue weighted by Crippen LogP contribution is 2.31. The molecule has 3 nitrogen and oxygen atoms in total. The molecule has 0 radical (unpaired) electrons. The zero-order valence-electron chi connectivity index (χ0n) is 14.0. The van der Waals surface area contributed by atoms with Gasteiger partial charge in [-0.2, -0.15) is 0 Å². The summed E-state index contributed by atoms with van der Waals surface area (Å²) in [5.41, 5.74) is -0.000844. The van der Waals surface area contributed by atoms with Crippen LogP contribution in [0.3, 0.4) is 0 Å². The average molecular weight is 285 g/mol. The fourth-order valence-corrected chi connectivity index (χ4v) is 3.20. The van der Waals surface area contributed by atoms with Gasteiger partial charge in [0.15, 0.2) is 0 Å². The highest BCUT2D eigenvalue weighted by molar-refractivity contribution is 4.95. The van der Waals surface area contributed by atoms with E-state index in [2.05, 4.69) is 33.0 Å². The first kappa shape index (κ1) is 17.9. The molecule has 1 heterocycles. The normalized spacial score (nSPS) is 20.2. The summed E-state index contributed by atoms with van der Waals surface area (Å²) < 4.78 is 11.8. The molecule has 1 saturated heterocycles. The van der Waals surface area contributed by atoms with Gasteiger partial charge in [-0.25, -0.2) is 0 Å². The maximum atomic E-state index is 6.24. The number of rotatable bonds is 10. The molecule has 0 spiro atoms. The largest absolute Gasteiger partial charge is 0.381 e. The van der Waals surface area contributed by atoms with E-state index in [-0.39, 0.29) is 5.60 Å². The van der Waals surface area contributed by atoms with Crippen LogP contribution in [0.4, 0.5) is 0 Å². The van der Waals surface area contributed by atoms with Crippen molar-refractivity contribution in [2.24, 2.45) is 5.92 Å². The van der Waals surface area contributed by atoms with Crippen LogP contribution in [-0.4, -0.2) is 38.0 Å². The maximum Gasteiger partial charge on any atom is 0.0878 e. The monoisotopic (exact) mass is 285 g/mol. The second-order valence-corrected chi connectivity index (χ2v) is 6.44. The van der Waals surface area contributed by atoms with Crippen LogP contribution in [0.5, 0.6) is 0 Å². The molecule has 0 amide bonds. The summed E-state index contributed by atoms with van der Waals surface area (Å²) in [7, 11) is 0. The van der Waals surface area contributed by atoms with Gasteiger partial charge in [0, 0.05) is 38.7 Å². The minimum Gasteiger partial charge on any atom is -0.381 e. The number of nitrogens with one attached hydrogen (secondary N) is 1. The van der Waals surface area contributed by atoms with E-state index in [1.807, 2.05) is 0 Å². The Morgan fingerprint density at radius 2 is 1.85 bits per heavy atom. The molecule has 0 aromatic carbocycles. The van der Waals surface area contributed by atoms with Gasteiger partial charge in [0.1, 0.15) is 0 Å².